The van der Waals surface area contributed by atoms with Gasteiger partial charge in [0.25, 0.3) is 0 Å². The minimum absolute atomic E-state index is 0.0500. The minimum atomic E-state index is -0.883. The van der Waals surface area contributed by atoms with E-state index in [0.717, 1.165) is 0 Å². The lowest BCUT2D eigenvalue weighted by Crippen LogP contribution is -2.46. The Morgan fingerprint density at radius 1 is 1.06 bits per heavy atom. The summed E-state index contributed by atoms with van der Waals surface area (Å²) in [6, 6.07) is 0. The van der Waals surface area contributed by atoms with E-state index in [2.05, 4.69) is 22.9 Å². The number of rotatable bonds is 6. The number of amides is 3. The van der Waals surface area contributed by atoms with Gasteiger partial charge in [-0.05, 0) is 13.8 Å². The van der Waals surface area contributed by atoms with E-state index in [4.69, 9.17) is 5.73 Å². The molecule has 0 aliphatic heterocycles. The van der Waals surface area contributed by atoms with Gasteiger partial charge in [-0.15, -0.1) is 0 Å². The highest BCUT2D eigenvalue weighted by Gasteiger charge is 2.16. The maximum absolute atomic E-state index is 11.5. The van der Waals surface area contributed by atoms with Gasteiger partial charge in [-0.3, -0.25) is 14.4 Å². The van der Waals surface area contributed by atoms with Gasteiger partial charge in [-0.2, -0.15) is 0 Å². The Kier molecular flexibility index (Phi) is 7.61. The van der Waals surface area contributed by atoms with E-state index < -0.39 is 11.8 Å². The predicted molar refractivity (Wildman–Crippen MR) is 70.7 cm³/mol. The second kappa shape index (κ2) is 8.40. The van der Waals surface area contributed by atoms with Crippen LogP contribution in [0.15, 0.2) is 0 Å². The molecule has 0 aliphatic carbocycles. The van der Waals surface area contributed by atoms with Crippen LogP contribution in [0, 0.1) is 0 Å². The SMILES string of the molecule is CCN(CC)C(=O)CNC(=O)C(=O)NCC(N)=S. The fraction of sp³-hybridized carbons (Fsp3) is 0.600. The second-order valence-corrected chi connectivity index (χ2v) is 3.92. The van der Waals surface area contributed by atoms with E-state index >= 15 is 0 Å². The molecule has 0 spiro atoms. The summed E-state index contributed by atoms with van der Waals surface area (Å²) in [7, 11) is 0. The van der Waals surface area contributed by atoms with E-state index in [0.29, 0.717) is 13.1 Å². The number of carbonyl (C=O) groups excluding carboxylic acids is 3. The summed E-state index contributed by atoms with van der Waals surface area (Å²) in [4.78, 5) is 35.7. The van der Waals surface area contributed by atoms with Gasteiger partial charge >= 0.3 is 11.8 Å². The molecule has 0 radical (unpaired) electrons. The Bertz CT molecular complexity index is 342. The first-order chi connectivity index (χ1) is 8.42. The average molecular weight is 274 g/mol. The van der Waals surface area contributed by atoms with Crippen molar-refractivity contribution in [3.8, 4) is 0 Å². The van der Waals surface area contributed by atoms with Gasteiger partial charge < -0.3 is 21.3 Å². The number of nitrogens with zero attached hydrogens (tertiary/aromatic N) is 1. The highest BCUT2D eigenvalue weighted by molar-refractivity contribution is 7.80. The van der Waals surface area contributed by atoms with E-state index in [1.165, 1.54) is 0 Å². The summed E-state index contributed by atoms with van der Waals surface area (Å²) in [5, 5.41) is 4.45. The van der Waals surface area contributed by atoms with Crippen molar-refractivity contribution in [2.45, 2.75) is 13.8 Å². The molecule has 4 N–H and O–H groups in total. The van der Waals surface area contributed by atoms with Crippen molar-refractivity contribution in [1.82, 2.24) is 15.5 Å². The Morgan fingerprint density at radius 2 is 1.50 bits per heavy atom. The molecule has 0 aromatic heterocycles. The van der Waals surface area contributed by atoms with Crippen molar-refractivity contribution in [1.29, 1.82) is 0 Å². The van der Waals surface area contributed by atoms with Gasteiger partial charge in [0.1, 0.15) is 0 Å². The predicted octanol–water partition coefficient (Wildman–Crippen LogP) is -1.63. The Morgan fingerprint density at radius 3 is 1.89 bits per heavy atom. The molecule has 0 atom stereocenters. The quantitative estimate of drug-likeness (QED) is 0.398. The Labute approximate surface area is 111 Å². The lowest BCUT2D eigenvalue weighted by molar-refractivity contribution is -0.140. The molecule has 0 saturated heterocycles. The lowest BCUT2D eigenvalue weighted by atomic mass is 10.4. The third-order valence-corrected chi connectivity index (χ3v) is 2.29. The van der Waals surface area contributed by atoms with Crippen LogP contribution < -0.4 is 16.4 Å². The van der Waals surface area contributed by atoms with E-state index in [-0.39, 0.29) is 24.0 Å². The maximum atomic E-state index is 11.5. The summed E-state index contributed by atoms with van der Waals surface area (Å²) in [6.45, 7) is 4.51. The van der Waals surface area contributed by atoms with Crippen LogP contribution in [0.5, 0.6) is 0 Å². The van der Waals surface area contributed by atoms with Gasteiger partial charge in [0.05, 0.1) is 18.1 Å². The summed E-state index contributed by atoms with van der Waals surface area (Å²) in [5.74, 6) is -1.99. The van der Waals surface area contributed by atoms with Crippen LogP contribution >= 0.6 is 12.2 Å². The Balaban J connectivity index is 4.06. The van der Waals surface area contributed by atoms with E-state index in [1.807, 2.05) is 13.8 Å². The zero-order valence-corrected chi connectivity index (χ0v) is 11.3. The highest BCUT2D eigenvalue weighted by atomic mass is 32.1. The first kappa shape index (κ1) is 16.3. The molecule has 0 rings (SSSR count). The van der Waals surface area contributed by atoms with Crippen molar-refractivity contribution in [2.75, 3.05) is 26.2 Å². The van der Waals surface area contributed by atoms with Gasteiger partial charge in [-0.25, -0.2) is 0 Å². The number of thiocarbonyl (C=S) groups is 1. The van der Waals surface area contributed by atoms with E-state index in [9.17, 15) is 14.4 Å². The first-order valence-corrected chi connectivity index (χ1v) is 5.95. The Hall–Kier alpha value is -1.70. The van der Waals surface area contributed by atoms with Gasteiger partial charge in [-0.1, -0.05) is 12.2 Å². The van der Waals surface area contributed by atoms with Crippen LogP contribution in [0.2, 0.25) is 0 Å². The van der Waals surface area contributed by atoms with Gasteiger partial charge in [0.15, 0.2) is 0 Å². The monoisotopic (exact) mass is 274 g/mol. The molecule has 8 heteroatoms. The first-order valence-electron chi connectivity index (χ1n) is 5.54. The number of likely N-dealkylation sites (N-methyl/N-ethyl adjacent to an activating group) is 1. The maximum Gasteiger partial charge on any atom is 0.309 e. The largest absolute Gasteiger partial charge is 0.392 e. The van der Waals surface area contributed by atoms with Gasteiger partial charge in [0, 0.05) is 13.1 Å². The van der Waals surface area contributed by atoms with Crippen molar-refractivity contribution in [3.05, 3.63) is 0 Å². The molecule has 7 nitrogen and oxygen atoms in total. The third kappa shape index (κ3) is 6.14. The molecule has 0 aromatic rings. The standard InChI is InChI=1S/C10H18N4O3S/c1-3-14(4-2)8(15)6-13-10(17)9(16)12-5-7(11)18/h3-6H2,1-2H3,(H2,11,18)(H,12,16)(H,13,17). The molecule has 18 heavy (non-hydrogen) atoms. The molecule has 0 aliphatic rings. The molecule has 0 fully saturated rings. The van der Waals surface area contributed by atoms with Crippen LogP contribution in [0.1, 0.15) is 13.8 Å². The van der Waals surface area contributed by atoms with Crippen molar-refractivity contribution in [3.63, 3.8) is 0 Å². The van der Waals surface area contributed by atoms with Crippen LogP contribution in [-0.4, -0.2) is 53.8 Å². The lowest BCUT2D eigenvalue weighted by Gasteiger charge is -2.18. The topological polar surface area (TPSA) is 105 Å². The molecule has 3 amide bonds. The second-order valence-electron chi connectivity index (χ2n) is 3.40. The van der Waals surface area contributed by atoms with Crippen molar-refractivity contribution >= 4 is 34.9 Å². The normalized spacial score (nSPS) is 9.44. The van der Waals surface area contributed by atoms with Crippen LogP contribution in [-0.2, 0) is 14.4 Å². The van der Waals surface area contributed by atoms with E-state index in [1.54, 1.807) is 4.90 Å². The molecule has 0 aromatic carbocycles. The van der Waals surface area contributed by atoms with Crippen LogP contribution in [0.25, 0.3) is 0 Å². The molecule has 0 bridgehead atoms. The average Bonchev–Trinajstić information content (AvgIpc) is 2.34. The number of carbonyl (C=O) groups is 3. The summed E-state index contributed by atoms with van der Waals surface area (Å²) in [6.07, 6.45) is 0. The fourth-order valence-electron chi connectivity index (χ4n) is 1.17. The number of hydrogen-bond acceptors (Lipinski definition) is 4. The van der Waals surface area contributed by atoms with Crippen LogP contribution in [0.3, 0.4) is 0 Å². The molecule has 0 saturated carbocycles. The third-order valence-electron chi connectivity index (χ3n) is 2.15. The molecule has 0 unspecified atom stereocenters. The van der Waals surface area contributed by atoms with Gasteiger partial charge in [0.2, 0.25) is 5.91 Å². The minimum Gasteiger partial charge on any atom is -0.392 e. The summed E-state index contributed by atoms with van der Waals surface area (Å²) >= 11 is 4.54. The number of hydrogen-bond donors (Lipinski definition) is 3. The molecule has 0 heterocycles. The van der Waals surface area contributed by atoms with Crippen molar-refractivity contribution in [2.24, 2.45) is 5.73 Å². The zero-order chi connectivity index (χ0) is 14.1. The molecular weight excluding hydrogens is 256 g/mol. The smallest absolute Gasteiger partial charge is 0.309 e. The molecular formula is C10H18N4O3S. The fourth-order valence-corrected chi connectivity index (χ4v) is 1.24. The number of nitrogens with two attached hydrogens (primary N) is 1. The molecule has 102 valence electrons. The summed E-state index contributed by atoms with van der Waals surface area (Å²) < 4.78 is 0. The number of nitrogens with one attached hydrogen (secondary N) is 2. The highest BCUT2D eigenvalue weighted by Crippen LogP contribution is 1.87. The van der Waals surface area contributed by atoms with Crippen molar-refractivity contribution < 1.29 is 14.4 Å². The van der Waals surface area contributed by atoms with Crippen LogP contribution in [0.4, 0.5) is 0 Å². The summed E-state index contributed by atoms with van der Waals surface area (Å²) in [5.41, 5.74) is 5.16. The zero-order valence-electron chi connectivity index (χ0n) is 10.5.